The molecule has 0 amide bonds. The molecule has 1 aromatic rings. The van der Waals surface area contributed by atoms with Crippen molar-refractivity contribution in [3.63, 3.8) is 0 Å². The second-order valence-electron chi connectivity index (χ2n) is 4.23. The van der Waals surface area contributed by atoms with Gasteiger partial charge in [-0.3, -0.25) is 0 Å². The highest BCUT2D eigenvalue weighted by atomic mass is 127. The van der Waals surface area contributed by atoms with Gasteiger partial charge in [0.15, 0.2) is 5.96 Å². The Morgan fingerprint density at radius 3 is 2.52 bits per heavy atom. The molecule has 4 N–H and O–H groups in total. The van der Waals surface area contributed by atoms with Gasteiger partial charge < -0.3 is 10.6 Å². The summed E-state index contributed by atoms with van der Waals surface area (Å²) in [5.41, 5.74) is 0.983. The summed E-state index contributed by atoms with van der Waals surface area (Å²) < 4.78 is 21.7. The minimum atomic E-state index is -3.46. The number of halogens is 1. The molecule has 0 aliphatic heterocycles. The topological polar surface area (TPSA) is 109 Å². The van der Waals surface area contributed by atoms with Crippen LogP contribution in [0.15, 0.2) is 4.99 Å². The van der Waals surface area contributed by atoms with Crippen LogP contribution < -0.4 is 15.8 Å². The minimum absolute atomic E-state index is 0. The molecule has 0 radical (unpaired) electrons. The van der Waals surface area contributed by atoms with Gasteiger partial charge >= 0.3 is 0 Å². The molecule has 0 spiro atoms. The predicted octanol–water partition coefficient (Wildman–Crippen LogP) is 0.722. The second kappa shape index (κ2) is 9.54. The van der Waals surface area contributed by atoms with Crippen LogP contribution in [0, 0.1) is 13.8 Å². The summed E-state index contributed by atoms with van der Waals surface area (Å²) in [7, 11) is -3.46. The van der Waals surface area contributed by atoms with Crippen molar-refractivity contribution in [2.24, 2.45) is 10.1 Å². The lowest BCUT2D eigenvalue weighted by molar-refractivity contribution is 0.596. The number of hydrogen-bond acceptors (Lipinski definition) is 5. The fourth-order valence-corrected chi connectivity index (χ4v) is 2.77. The Morgan fingerprint density at radius 2 is 2.05 bits per heavy atom. The number of nitrogens with two attached hydrogens (primary N) is 1. The largest absolute Gasteiger partial charge is 0.357 e. The highest BCUT2D eigenvalue weighted by Gasteiger charge is 2.06. The fourth-order valence-electron chi connectivity index (χ4n) is 1.52. The van der Waals surface area contributed by atoms with Crippen molar-refractivity contribution in [2.75, 3.05) is 18.8 Å². The van der Waals surface area contributed by atoms with E-state index < -0.39 is 10.0 Å². The van der Waals surface area contributed by atoms with Crippen molar-refractivity contribution in [2.45, 2.75) is 27.3 Å². The van der Waals surface area contributed by atoms with Crippen LogP contribution in [-0.4, -0.2) is 38.2 Å². The van der Waals surface area contributed by atoms with Gasteiger partial charge in [0.2, 0.25) is 10.0 Å². The Kier molecular flexibility index (Phi) is 9.33. The third kappa shape index (κ3) is 8.53. The third-order valence-corrected chi connectivity index (χ3v) is 4.23. The van der Waals surface area contributed by atoms with Crippen molar-refractivity contribution in [3.05, 3.63) is 15.6 Å². The van der Waals surface area contributed by atoms with E-state index in [2.05, 4.69) is 20.6 Å². The molecule has 0 aromatic carbocycles. The first-order chi connectivity index (χ1) is 9.31. The van der Waals surface area contributed by atoms with Crippen LogP contribution in [0.5, 0.6) is 0 Å². The average Bonchev–Trinajstić information content (AvgIpc) is 2.63. The van der Waals surface area contributed by atoms with E-state index >= 15 is 0 Å². The van der Waals surface area contributed by atoms with E-state index in [-0.39, 0.29) is 36.3 Å². The van der Waals surface area contributed by atoms with E-state index in [9.17, 15) is 8.42 Å². The first-order valence-electron chi connectivity index (χ1n) is 6.27. The highest BCUT2D eigenvalue weighted by Crippen LogP contribution is 2.17. The smallest absolute Gasteiger partial charge is 0.210 e. The van der Waals surface area contributed by atoms with Crippen LogP contribution in [0.2, 0.25) is 0 Å². The van der Waals surface area contributed by atoms with Crippen molar-refractivity contribution >= 4 is 51.3 Å². The van der Waals surface area contributed by atoms with Gasteiger partial charge in [0.1, 0.15) is 0 Å². The number of aryl methyl sites for hydroxylation is 2. The molecular formula is C11H22IN5O2S2. The molecule has 0 aliphatic carbocycles. The van der Waals surface area contributed by atoms with Crippen LogP contribution in [0.1, 0.15) is 22.5 Å². The molecule has 0 unspecified atom stereocenters. The van der Waals surface area contributed by atoms with Gasteiger partial charge in [0.05, 0.1) is 23.0 Å². The Balaban J connectivity index is 0.00000400. The minimum Gasteiger partial charge on any atom is -0.357 e. The summed E-state index contributed by atoms with van der Waals surface area (Å²) in [4.78, 5) is 9.85. The van der Waals surface area contributed by atoms with Gasteiger partial charge in [-0.15, -0.1) is 35.3 Å². The second-order valence-corrected chi connectivity index (χ2v) is 7.25. The zero-order valence-electron chi connectivity index (χ0n) is 12.3. The lowest BCUT2D eigenvalue weighted by atomic mass is 10.4. The zero-order valence-corrected chi connectivity index (χ0v) is 16.3. The fraction of sp³-hybridized carbons (Fsp3) is 0.636. The Hall–Kier alpha value is -0.460. The Bertz CT molecular complexity index is 571. The van der Waals surface area contributed by atoms with Gasteiger partial charge in [0.25, 0.3) is 0 Å². The van der Waals surface area contributed by atoms with Gasteiger partial charge in [-0.25, -0.2) is 23.5 Å². The molecule has 0 atom stereocenters. The molecule has 1 aromatic heterocycles. The van der Waals surface area contributed by atoms with Crippen LogP contribution >= 0.6 is 35.3 Å². The standard InChI is InChI=1S/C11H21N5O2S2.HI/c1-4-13-11(14-5-6-20(12,17)18)15-7-10-8(2)16-9(3)19-10;/h4-7H2,1-3H3,(H2,12,17,18)(H2,13,14,15);1H. The van der Waals surface area contributed by atoms with Crippen molar-refractivity contribution in [1.29, 1.82) is 0 Å². The van der Waals surface area contributed by atoms with Crippen LogP contribution in [0.3, 0.4) is 0 Å². The summed E-state index contributed by atoms with van der Waals surface area (Å²) in [6.45, 7) is 7.30. The van der Waals surface area contributed by atoms with Crippen molar-refractivity contribution < 1.29 is 8.42 Å². The number of aliphatic imine (C=N–C) groups is 1. The van der Waals surface area contributed by atoms with Crippen molar-refractivity contribution in [1.82, 2.24) is 15.6 Å². The molecule has 7 nitrogen and oxygen atoms in total. The van der Waals surface area contributed by atoms with Crippen LogP contribution in [-0.2, 0) is 16.6 Å². The normalized spacial score (nSPS) is 11.9. The van der Waals surface area contributed by atoms with E-state index in [1.54, 1.807) is 11.3 Å². The molecule has 1 rings (SSSR count). The molecule has 0 saturated carbocycles. The predicted molar refractivity (Wildman–Crippen MR) is 97.8 cm³/mol. The van der Waals surface area contributed by atoms with E-state index in [1.807, 2.05) is 20.8 Å². The monoisotopic (exact) mass is 447 g/mol. The number of rotatable bonds is 6. The molecular weight excluding hydrogens is 425 g/mol. The summed E-state index contributed by atoms with van der Waals surface area (Å²) in [6.07, 6.45) is 0. The maximum Gasteiger partial charge on any atom is 0.210 e. The van der Waals surface area contributed by atoms with E-state index in [4.69, 9.17) is 5.14 Å². The van der Waals surface area contributed by atoms with Gasteiger partial charge in [-0.05, 0) is 20.8 Å². The lowest BCUT2D eigenvalue weighted by Gasteiger charge is -2.10. The summed E-state index contributed by atoms with van der Waals surface area (Å²) >= 11 is 1.61. The molecule has 0 aliphatic rings. The lowest BCUT2D eigenvalue weighted by Crippen LogP contribution is -2.40. The number of guanidine groups is 1. The van der Waals surface area contributed by atoms with E-state index in [0.29, 0.717) is 19.0 Å². The summed E-state index contributed by atoms with van der Waals surface area (Å²) in [5.74, 6) is 0.442. The van der Waals surface area contributed by atoms with Crippen molar-refractivity contribution in [3.8, 4) is 0 Å². The van der Waals surface area contributed by atoms with Gasteiger partial charge in [-0.2, -0.15) is 0 Å². The molecule has 1 heterocycles. The number of sulfonamides is 1. The SMILES string of the molecule is CCNC(=NCc1sc(C)nc1C)NCCS(N)(=O)=O.I. The molecule has 0 bridgehead atoms. The number of nitrogens with one attached hydrogen (secondary N) is 2. The quantitative estimate of drug-likeness (QED) is 0.338. The van der Waals surface area contributed by atoms with Gasteiger partial charge in [0, 0.05) is 18.0 Å². The number of primary sulfonamides is 1. The van der Waals surface area contributed by atoms with Crippen LogP contribution in [0.25, 0.3) is 0 Å². The number of hydrogen-bond donors (Lipinski definition) is 3. The van der Waals surface area contributed by atoms with Crippen LogP contribution in [0.4, 0.5) is 0 Å². The molecule has 0 saturated heterocycles. The molecule has 0 fully saturated rings. The zero-order chi connectivity index (χ0) is 15.2. The van der Waals surface area contributed by atoms with Gasteiger partial charge in [-0.1, -0.05) is 0 Å². The molecule has 10 heteroatoms. The number of nitrogens with zero attached hydrogens (tertiary/aromatic N) is 2. The third-order valence-electron chi connectivity index (χ3n) is 2.40. The van der Waals surface area contributed by atoms with E-state index in [0.717, 1.165) is 15.6 Å². The Labute approximate surface area is 146 Å². The summed E-state index contributed by atoms with van der Waals surface area (Å²) in [5, 5.41) is 12.0. The molecule has 122 valence electrons. The highest BCUT2D eigenvalue weighted by molar-refractivity contribution is 14.0. The van der Waals surface area contributed by atoms with E-state index in [1.165, 1.54) is 0 Å². The first-order valence-corrected chi connectivity index (χ1v) is 8.80. The average molecular weight is 447 g/mol. The maximum atomic E-state index is 10.9. The Morgan fingerprint density at radius 1 is 1.38 bits per heavy atom. The number of aromatic nitrogens is 1. The molecule has 21 heavy (non-hydrogen) atoms. The first kappa shape index (κ1) is 20.5. The number of thiazole rings is 1. The maximum absolute atomic E-state index is 10.9. The summed E-state index contributed by atoms with van der Waals surface area (Å²) in [6, 6.07) is 0.